The first-order valence-corrected chi connectivity index (χ1v) is 6.24. The molecular weight excluding hydrogens is 204 g/mol. The molecule has 16 heavy (non-hydrogen) atoms. The van der Waals surface area contributed by atoms with E-state index in [-0.39, 0.29) is 17.9 Å². The van der Waals surface area contributed by atoms with Crippen LogP contribution in [0.3, 0.4) is 0 Å². The van der Waals surface area contributed by atoms with Crippen molar-refractivity contribution in [3.63, 3.8) is 0 Å². The van der Waals surface area contributed by atoms with Gasteiger partial charge in [0, 0.05) is 19.7 Å². The molecule has 0 aromatic heterocycles. The van der Waals surface area contributed by atoms with Crippen molar-refractivity contribution in [3.05, 3.63) is 0 Å². The van der Waals surface area contributed by atoms with Crippen LogP contribution in [0, 0.1) is 11.3 Å². The van der Waals surface area contributed by atoms with Crippen molar-refractivity contribution in [1.29, 1.82) is 0 Å². The van der Waals surface area contributed by atoms with Gasteiger partial charge in [0.1, 0.15) is 0 Å². The minimum atomic E-state index is -0.307. The van der Waals surface area contributed by atoms with Crippen LogP contribution >= 0.6 is 0 Å². The number of amides is 1. The fraction of sp³-hybridized carbons (Fsp3) is 0.917. The predicted molar refractivity (Wildman–Crippen MR) is 63.8 cm³/mol. The third-order valence-electron chi connectivity index (χ3n) is 3.67. The van der Waals surface area contributed by atoms with Gasteiger partial charge < -0.3 is 16.2 Å². The Bertz CT molecular complexity index is 225. The summed E-state index contributed by atoms with van der Waals surface area (Å²) < 4.78 is 0. The summed E-state index contributed by atoms with van der Waals surface area (Å²) in [6.07, 6.45) is 4.79. The second kappa shape index (κ2) is 6.21. The number of nitrogens with one attached hydrogen (secondary N) is 1. The van der Waals surface area contributed by atoms with E-state index in [1.54, 1.807) is 0 Å². The van der Waals surface area contributed by atoms with Crippen molar-refractivity contribution in [1.82, 2.24) is 5.32 Å². The summed E-state index contributed by atoms with van der Waals surface area (Å²) in [5, 5.41) is 11.7. The second-order valence-electron chi connectivity index (χ2n) is 5.02. The van der Waals surface area contributed by atoms with Crippen LogP contribution in [-0.2, 0) is 4.79 Å². The maximum atomic E-state index is 12.1. The van der Waals surface area contributed by atoms with E-state index < -0.39 is 0 Å². The first-order chi connectivity index (χ1) is 7.64. The van der Waals surface area contributed by atoms with Gasteiger partial charge in [-0.25, -0.2) is 0 Å². The summed E-state index contributed by atoms with van der Waals surface area (Å²) in [7, 11) is 0. The number of carbonyl (C=O) groups excluding carboxylic acids is 1. The lowest BCUT2D eigenvalue weighted by molar-refractivity contribution is -0.130. The number of aliphatic hydroxyl groups excluding tert-OH is 1. The highest BCUT2D eigenvalue weighted by Gasteiger charge is 2.39. The molecule has 1 rings (SSSR count). The van der Waals surface area contributed by atoms with Gasteiger partial charge in [0.2, 0.25) is 5.91 Å². The summed E-state index contributed by atoms with van der Waals surface area (Å²) in [5.74, 6) is 0.433. The third-order valence-corrected chi connectivity index (χ3v) is 3.67. The summed E-state index contributed by atoms with van der Waals surface area (Å²) >= 11 is 0. The second-order valence-corrected chi connectivity index (χ2v) is 5.02. The number of hydrogen-bond donors (Lipinski definition) is 3. The average Bonchev–Trinajstić information content (AvgIpc) is 2.76. The number of hydrogen-bond acceptors (Lipinski definition) is 3. The molecule has 0 bridgehead atoms. The molecule has 0 aromatic carbocycles. The smallest absolute Gasteiger partial charge is 0.227 e. The molecule has 4 heteroatoms. The Morgan fingerprint density at radius 2 is 2.12 bits per heavy atom. The van der Waals surface area contributed by atoms with E-state index in [9.17, 15) is 4.79 Å². The highest BCUT2D eigenvalue weighted by atomic mass is 16.3. The Hall–Kier alpha value is -0.610. The topological polar surface area (TPSA) is 75.3 Å². The van der Waals surface area contributed by atoms with Gasteiger partial charge in [-0.1, -0.05) is 19.8 Å². The molecule has 1 aliphatic carbocycles. The maximum absolute atomic E-state index is 12.1. The van der Waals surface area contributed by atoms with Gasteiger partial charge in [-0.3, -0.25) is 4.79 Å². The quantitative estimate of drug-likeness (QED) is 0.624. The van der Waals surface area contributed by atoms with Gasteiger partial charge in [0.25, 0.3) is 0 Å². The molecule has 0 aromatic rings. The van der Waals surface area contributed by atoms with Gasteiger partial charge in [-0.15, -0.1) is 0 Å². The minimum absolute atomic E-state index is 0.109. The van der Waals surface area contributed by atoms with E-state index in [1.165, 1.54) is 0 Å². The molecule has 0 saturated heterocycles. The lowest BCUT2D eigenvalue weighted by atomic mass is 9.85. The van der Waals surface area contributed by atoms with Crippen molar-refractivity contribution in [2.24, 2.45) is 17.1 Å². The van der Waals surface area contributed by atoms with Crippen molar-refractivity contribution in [3.8, 4) is 0 Å². The maximum Gasteiger partial charge on any atom is 0.227 e. The zero-order chi connectivity index (χ0) is 12.0. The van der Waals surface area contributed by atoms with E-state index in [2.05, 4.69) is 5.32 Å². The van der Waals surface area contributed by atoms with Crippen LogP contribution in [0.5, 0.6) is 0 Å². The molecule has 0 radical (unpaired) electrons. The van der Waals surface area contributed by atoms with E-state index in [0.717, 1.165) is 32.1 Å². The van der Waals surface area contributed by atoms with Gasteiger partial charge in [-0.2, -0.15) is 0 Å². The van der Waals surface area contributed by atoms with E-state index in [1.807, 2.05) is 6.92 Å². The normalized spacial score (nSPS) is 20.7. The first-order valence-electron chi connectivity index (χ1n) is 6.24. The van der Waals surface area contributed by atoms with Crippen LogP contribution in [0.1, 0.15) is 39.0 Å². The Kier molecular flexibility index (Phi) is 5.22. The highest BCUT2D eigenvalue weighted by molar-refractivity contribution is 5.83. The molecule has 0 aliphatic heterocycles. The van der Waals surface area contributed by atoms with Crippen molar-refractivity contribution < 1.29 is 9.90 Å². The fourth-order valence-electron chi connectivity index (χ4n) is 2.35. The van der Waals surface area contributed by atoms with Crippen LogP contribution in [0.2, 0.25) is 0 Å². The molecule has 0 heterocycles. The van der Waals surface area contributed by atoms with Gasteiger partial charge in [-0.05, 0) is 25.2 Å². The van der Waals surface area contributed by atoms with Crippen LogP contribution in [0.15, 0.2) is 0 Å². The van der Waals surface area contributed by atoms with Gasteiger partial charge in [0.05, 0.1) is 5.41 Å². The van der Waals surface area contributed by atoms with Gasteiger partial charge >= 0.3 is 0 Å². The SMILES string of the molecule is CC(CCO)CNC(=O)C1(CN)CCCC1. The van der Waals surface area contributed by atoms with Crippen LogP contribution in [-0.4, -0.2) is 30.7 Å². The molecule has 4 N–H and O–H groups in total. The molecule has 4 nitrogen and oxygen atoms in total. The van der Waals surface area contributed by atoms with E-state index in [0.29, 0.717) is 19.0 Å². The summed E-state index contributed by atoms with van der Waals surface area (Å²) in [6, 6.07) is 0. The number of carbonyl (C=O) groups is 1. The van der Waals surface area contributed by atoms with Gasteiger partial charge in [0.15, 0.2) is 0 Å². The minimum Gasteiger partial charge on any atom is -0.396 e. The lowest BCUT2D eigenvalue weighted by Gasteiger charge is -2.26. The Labute approximate surface area is 97.6 Å². The van der Waals surface area contributed by atoms with Crippen molar-refractivity contribution >= 4 is 5.91 Å². The van der Waals surface area contributed by atoms with E-state index >= 15 is 0 Å². The van der Waals surface area contributed by atoms with Crippen LogP contribution < -0.4 is 11.1 Å². The molecule has 1 fully saturated rings. The molecule has 94 valence electrons. The summed E-state index contributed by atoms with van der Waals surface area (Å²) in [4.78, 5) is 12.1. The molecule has 1 saturated carbocycles. The third kappa shape index (κ3) is 3.19. The average molecular weight is 228 g/mol. The Balaban J connectivity index is 2.38. The molecule has 1 amide bonds. The predicted octanol–water partition coefficient (Wildman–Crippen LogP) is 0.640. The number of aliphatic hydroxyl groups is 1. The van der Waals surface area contributed by atoms with Crippen molar-refractivity contribution in [2.75, 3.05) is 19.7 Å². The first kappa shape index (κ1) is 13.5. The zero-order valence-electron chi connectivity index (χ0n) is 10.2. The zero-order valence-corrected chi connectivity index (χ0v) is 10.2. The standard InChI is InChI=1S/C12H24N2O2/c1-10(4-7-15)8-14-11(16)12(9-13)5-2-3-6-12/h10,15H,2-9,13H2,1H3,(H,14,16). The Morgan fingerprint density at radius 3 is 2.62 bits per heavy atom. The molecule has 1 unspecified atom stereocenters. The van der Waals surface area contributed by atoms with Crippen LogP contribution in [0.4, 0.5) is 0 Å². The lowest BCUT2D eigenvalue weighted by Crippen LogP contribution is -2.45. The number of rotatable bonds is 6. The number of nitrogens with two attached hydrogens (primary N) is 1. The fourth-order valence-corrected chi connectivity index (χ4v) is 2.35. The molecule has 1 aliphatic rings. The Morgan fingerprint density at radius 1 is 1.50 bits per heavy atom. The molecule has 0 spiro atoms. The van der Waals surface area contributed by atoms with E-state index in [4.69, 9.17) is 10.8 Å². The molecule has 1 atom stereocenters. The summed E-state index contributed by atoms with van der Waals surface area (Å²) in [5.41, 5.74) is 5.43. The monoisotopic (exact) mass is 228 g/mol. The largest absolute Gasteiger partial charge is 0.396 e. The highest BCUT2D eigenvalue weighted by Crippen LogP contribution is 2.37. The summed E-state index contributed by atoms with van der Waals surface area (Å²) in [6.45, 7) is 3.30. The molecular formula is C12H24N2O2. The van der Waals surface area contributed by atoms with Crippen molar-refractivity contribution in [2.45, 2.75) is 39.0 Å². The van der Waals surface area contributed by atoms with Crippen LogP contribution in [0.25, 0.3) is 0 Å².